The molecule has 19 heavy (non-hydrogen) atoms. The summed E-state index contributed by atoms with van der Waals surface area (Å²) in [7, 11) is 0. The summed E-state index contributed by atoms with van der Waals surface area (Å²) in [6, 6.07) is -0.673. The summed E-state index contributed by atoms with van der Waals surface area (Å²) in [5, 5.41) is 12.3. The van der Waals surface area contributed by atoms with Gasteiger partial charge in [-0.15, -0.1) is 0 Å². The van der Waals surface area contributed by atoms with Crippen LogP contribution in [0.1, 0.15) is 51.9 Å². The summed E-state index contributed by atoms with van der Waals surface area (Å²) in [5.41, 5.74) is -0.161. The molecule has 2 N–H and O–H groups in total. The molecule has 0 aromatic rings. The fourth-order valence-electron chi connectivity index (χ4n) is 5.27. The Kier molecular flexibility index (Phi) is 3.06. The van der Waals surface area contributed by atoms with Crippen LogP contribution in [-0.4, -0.2) is 23.0 Å². The number of hydrogen-bond acceptors (Lipinski definition) is 2. The van der Waals surface area contributed by atoms with Crippen LogP contribution in [0, 0.1) is 23.2 Å². The molecule has 4 nitrogen and oxygen atoms in total. The lowest BCUT2D eigenvalue weighted by atomic mass is 9.47. The number of carboxylic acid groups (broad SMARTS) is 1. The largest absolute Gasteiger partial charge is 0.480 e. The summed E-state index contributed by atoms with van der Waals surface area (Å²) in [4.78, 5) is 23.3. The van der Waals surface area contributed by atoms with Crippen LogP contribution >= 0.6 is 0 Å². The van der Waals surface area contributed by atoms with E-state index in [1.807, 2.05) is 0 Å². The molecule has 1 amide bonds. The van der Waals surface area contributed by atoms with E-state index in [0.29, 0.717) is 24.2 Å². The van der Waals surface area contributed by atoms with Crippen molar-refractivity contribution >= 4 is 11.9 Å². The summed E-state index contributed by atoms with van der Waals surface area (Å²) < 4.78 is 0. The molecule has 4 rings (SSSR count). The zero-order chi connectivity index (χ0) is 13.6. The smallest absolute Gasteiger partial charge is 0.326 e. The molecule has 0 aromatic heterocycles. The van der Waals surface area contributed by atoms with Crippen LogP contribution in [0.25, 0.3) is 0 Å². The third kappa shape index (κ3) is 2.15. The Labute approximate surface area is 113 Å². The first-order valence-corrected chi connectivity index (χ1v) is 7.54. The number of amides is 1. The first-order valence-electron chi connectivity index (χ1n) is 7.54. The van der Waals surface area contributed by atoms with Crippen molar-refractivity contribution < 1.29 is 14.7 Å². The fraction of sp³-hybridized carbons (Fsp3) is 0.867. The van der Waals surface area contributed by atoms with Gasteiger partial charge in [0.25, 0.3) is 0 Å². The second kappa shape index (κ2) is 4.50. The maximum absolute atomic E-state index is 11.7. The first-order chi connectivity index (χ1) is 9.02. The second-order valence-corrected chi connectivity index (χ2v) is 6.97. The molecular weight excluding hydrogens is 242 g/mol. The summed E-state index contributed by atoms with van der Waals surface area (Å²) in [6.45, 7) is 1.77. The number of carbonyl (C=O) groups excluding carboxylic acids is 1. The van der Waals surface area contributed by atoms with Crippen LogP contribution in [0.4, 0.5) is 0 Å². The predicted molar refractivity (Wildman–Crippen MR) is 70.5 cm³/mol. The molecule has 1 unspecified atom stereocenters. The number of rotatable bonds is 4. The first kappa shape index (κ1) is 12.9. The minimum atomic E-state index is -0.844. The lowest BCUT2D eigenvalue weighted by Gasteiger charge is -2.58. The average Bonchev–Trinajstić information content (AvgIpc) is 2.33. The van der Waals surface area contributed by atoms with Crippen LogP contribution in [0.15, 0.2) is 0 Å². The van der Waals surface area contributed by atoms with E-state index >= 15 is 0 Å². The highest BCUT2D eigenvalue weighted by Crippen LogP contribution is 2.61. The molecule has 106 valence electrons. The zero-order valence-corrected chi connectivity index (χ0v) is 11.5. The van der Waals surface area contributed by atoms with Gasteiger partial charge in [-0.05, 0) is 56.3 Å². The van der Waals surface area contributed by atoms with Gasteiger partial charge in [-0.25, -0.2) is 4.79 Å². The van der Waals surface area contributed by atoms with Gasteiger partial charge in [-0.2, -0.15) is 0 Å². The molecule has 4 heteroatoms. The summed E-state index contributed by atoms with van der Waals surface area (Å²) >= 11 is 0. The molecule has 4 fully saturated rings. The van der Waals surface area contributed by atoms with E-state index in [-0.39, 0.29) is 11.3 Å². The Morgan fingerprint density at radius 3 is 2.00 bits per heavy atom. The molecular formula is C15H23NO3. The molecule has 0 spiro atoms. The van der Waals surface area contributed by atoms with E-state index in [1.165, 1.54) is 19.3 Å². The monoisotopic (exact) mass is 265 g/mol. The van der Waals surface area contributed by atoms with E-state index in [4.69, 9.17) is 0 Å². The average molecular weight is 265 g/mol. The van der Waals surface area contributed by atoms with Crippen molar-refractivity contribution in [2.75, 3.05) is 0 Å². The van der Waals surface area contributed by atoms with Crippen molar-refractivity contribution in [3.8, 4) is 0 Å². The summed E-state index contributed by atoms with van der Waals surface area (Å²) in [5.74, 6) is 1.12. The Balaban J connectivity index is 1.85. The SMILES string of the molecule is CCC(=O)NC(C(=O)O)C12CC3CC(CC(C3)C1)C2. The molecule has 4 aliphatic carbocycles. The van der Waals surface area contributed by atoms with Gasteiger partial charge in [0.05, 0.1) is 0 Å². The van der Waals surface area contributed by atoms with Gasteiger partial charge in [-0.3, -0.25) is 4.79 Å². The molecule has 4 saturated carbocycles. The minimum Gasteiger partial charge on any atom is -0.480 e. The summed E-state index contributed by atoms with van der Waals surface area (Å²) in [6.07, 6.45) is 7.21. The van der Waals surface area contributed by atoms with E-state index in [0.717, 1.165) is 19.3 Å². The topological polar surface area (TPSA) is 66.4 Å². The van der Waals surface area contributed by atoms with Crippen LogP contribution in [0.5, 0.6) is 0 Å². The normalized spacial score (nSPS) is 41.0. The van der Waals surface area contributed by atoms with Gasteiger partial charge in [0.15, 0.2) is 0 Å². The number of aliphatic carboxylic acids is 1. The van der Waals surface area contributed by atoms with E-state index in [9.17, 15) is 14.7 Å². The van der Waals surface area contributed by atoms with E-state index < -0.39 is 12.0 Å². The molecule has 1 atom stereocenters. The van der Waals surface area contributed by atoms with Crippen molar-refractivity contribution in [3.63, 3.8) is 0 Å². The maximum atomic E-state index is 11.7. The number of carboxylic acids is 1. The Hall–Kier alpha value is -1.06. The highest BCUT2D eigenvalue weighted by Gasteiger charge is 2.56. The number of hydrogen-bond donors (Lipinski definition) is 2. The third-order valence-corrected chi connectivity index (χ3v) is 5.57. The molecule has 0 aromatic carbocycles. The molecule has 0 saturated heterocycles. The third-order valence-electron chi connectivity index (χ3n) is 5.57. The Morgan fingerprint density at radius 2 is 1.63 bits per heavy atom. The van der Waals surface area contributed by atoms with E-state index in [2.05, 4.69) is 5.32 Å². The number of nitrogens with one attached hydrogen (secondary N) is 1. The number of carbonyl (C=O) groups is 2. The van der Waals surface area contributed by atoms with Gasteiger partial charge in [0.1, 0.15) is 6.04 Å². The maximum Gasteiger partial charge on any atom is 0.326 e. The predicted octanol–water partition coefficient (Wildman–Crippen LogP) is 2.18. The van der Waals surface area contributed by atoms with E-state index in [1.54, 1.807) is 6.92 Å². The Morgan fingerprint density at radius 1 is 1.16 bits per heavy atom. The molecule has 0 radical (unpaired) electrons. The van der Waals surface area contributed by atoms with Gasteiger partial charge in [0, 0.05) is 11.8 Å². The Bertz CT molecular complexity index is 369. The zero-order valence-electron chi connectivity index (χ0n) is 11.5. The minimum absolute atomic E-state index is 0.136. The highest BCUT2D eigenvalue weighted by atomic mass is 16.4. The van der Waals surface area contributed by atoms with Gasteiger partial charge in [-0.1, -0.05) is 6.92 Å². The molecule has 0 heterocycles. The molecule has 4 bridgehead atoms. The van der Waals surface area contributed by atoms with Crippen molar-refractivity contribution in [2.45, 2.75) is 57.9 Å². The van der Waals surface area contributed by atoms with Crippen molar-refractivity contribution in [1.29, 1.82) is 0 Å². The lowest BCUT2D eigenvalue weighted by Crippen LogP contribution is -2.59. The lowest BCUT2D eigenvalue weighted by molar-refractivity contribution is -0.154. The van der Waals surface area contributed by atoms with Crippen LogP contribution in [0.2, 0.25) is 0 Å². The highest BCUT2D eigenvalue weighted by molar-refractivity contribution is 5.84. The van der Waals surface area contributed by atoms with Crippen LogP contribution in [-0.2, 0) is 9.59 Å². The van der Waals surface area contributed by atoms with Gasteiger partial charge in [0.2, 0.25) is 5.91 Å². The standard InChI is InChI=1S/C15H23NO3/c1-2-12(17)16-13(14(18)19)15-6-9-3-10(7-15)5-11(4-9)8-15/h9-11,13H,2-8H2,1H3,(H,16,17)(H,18,19). The molecule has 0 aliphatic heterocycles. The fourth-order valence-corrected chi connectivity index (χ4v) is 5.27. The van der Waals surface area contributed by atoms with Gasteiger partial charge >= 0.3 is 5.97 Å². The quantitative estimate of drug-likeness (QED) is 0.818. The van der Waals surface area contributed by atoms with Crippen LogP contribution in [0.3, 0.4) is 0 Å². The van der Waals surface area contributed by atoms with Crippen molar-refractivity contribution in [1.82, 2.24) is 5.32 Å². The van der Waals surface area contributed by atoms with Crippen molar-refractivity contribution in [2.24, 2.45) is 23.2 Å². The van der Waals surface area contributed by atoms with Crippen molar-refractivity contribution in [3.05, 3.63) is 0 Å². The second-order valence-electron chi connectivity index (χ2n) is 6.97. The van der Waals surface area contributed by atoms with Gasteiger partial charge < -0.3 is 10.4 Å². The molecule has 4 aliphatic rings. The van der Waals surface area contributed by atoms with Crippen LogP contribution < -0.4 is 5.32 Å².